The molecule has 0 bridgehead atoms. The van der Waals surface area contributed by atoms with Crippen LogP contribution in [0.15, 0.2) is 53.9 Å². The first-order valence-electron chi connectivity index (χ1n) is 9.06. The van der Waals surface area contributed by atoms with Crippen LogP contribution >= 0.6 is 11.3 Å². The number of anilines is 1. The van der Waals surface area contributed by atoms with Gasteiger partial charge in [0, 0.05) is 33.7 Å². The number of hydrogen-bond acceptors (Lipinski definition) is 3. The normalized spacial score (nSPS) is 15.9. The lowest BCUT2D eigenvalue weighted by Gasteiger charge is -2.25. The Balaban J connectivity index is 1.78. The van der Waals surface area contributed by atoms with Gasteiger partial charge in [-0.3, -0.25) is 4.79 Å². The topological polar surface area (TPSA) is 38.3 Å². The van der Waals surface area contributed by atoms with Gasteiger partial charge in [-0.15, -0.1) is 11.3 Å². The zero-order chi connectivity index (χ0) is 18.8. The predicted octanol–water partition coefficient (Wildman–Crippen LogP) is 5.82. The fraction of sp³-hybridized carbons (Fsp3) is 0.227. The van der Waals surface area contributed by atoms with E-state index < -0.39 is 0 Å². The van der Waals surface area contributed by atoms with Crippen LogP contribution in [0.5, 0.6) is 5.75 Å². The number of thiophene rings is 1. The maximum atomic E-state index is 13.7. The molecule has 0 unspecified atom stereocenters. The number of hydrogen-bond donors (Lipinski definition) is 1. The van der Waals surface area contributed by atoms with Gasteiger partial charge in [-0.25, -0.2) is 4.39 Å². The van der Waals surface area contributed by atoms with E-state index in [1.807, 2.05) is 35.7 Å². The van der Waals surface area contributed by atoms with Crippen molar-refractivity contribution in [3.8, 4) is 16.9 Å². The van der Waals surface area contributed by atoms with E-state index in [4.69, 9.17) is 4.74 Å². The summed E-state index contributed by atoms with van der Waals surface area (Å²) in [4.78, 5) is 13.5. The Labute approximate surface area is 161 Å². The minimum absolute atomic E-state index is 0.0335. The highest BCUT2D eigenvalue weighted by Gasteiger charge is 2.32. The zero-order valence-corrected chi connectivity index (χ0v) is 15.8. The molecule has 4 rings (SSSR count). The van der Waals surface area contributed by atoms with E-state index in [0.717, 1.165) is 39.4 Å². The van der Waals surface area contributed by atoms with Crippen LogP contribution in [0, 0.1) is 5.82 Å². The average Bonchev–Trinajstić information content (AvgIpc) is 3.09. The summed E-state index contributed by atoms with van der Waals surface area (Å²) in [6.07, 6.45) is 1.30. The third-order valence-electron chi connectivity index (χ3n) is 4.68. The highest BCUT2D eigenvalue weighted by molar-refractivity contribution is 7.11. The molecule has 1 atom stereocenters. The number of benzene rings is 2. The van der Waals surface area contributed by atoms with Crippen LogP contribution in [0.3, 0.4) is 0 Å². The van der Waals surface area contributed by atoms with Gasteiger partial charge in [0.1, 0.15) is 11.6 Å². The molecule has 0 radical (unpaired) electrons. The molecule has 27 heavy (non-hydrogen) atoms. The fourth-order valence-corrected chi connectivity index (χ4v) is 4.61. The first kappa shape index (κ1) is 17.7. The highest BCUT2D eigenvalue weighted by Crippen LogP contribution is 2.48. The summed E-state index contributed by atoms with van der Waals surface area (Å²) in [7, 11) is 0. The van der Waals surface area contributed by atoms with Crippen molar-refractivity contribution in [2.45, 2.75) is 25.7 Å². The zero-order valence-electron chi connectivity index (χ0n) is 15.0. The largest absolute Gasteiger partial charge is 0.493 e. The number of rotatable bonds is 5. The maximum Gasteiger partial charge on any atom is 0.225 e. The van der Waals surface area contributed by atoms with E-state index in [2.05, 4.69) is 12.2 Å². The summed E-state index contributed by atoms with van der Waals surface area (Å²) in [5.74, 6) is 0.443. The van der Waals surface area contributed by atoms with Crippen molar-refractivity contribution in [3.63, 3.8) is 0 Å². The summed E-state index contributed by atoms with van der Waals surface area (Å²) < 4.78 is 19.6. The third kappa shape index (κ3) is 3.47. The molecule has 1 N–H and O–H groups in total. The van der Waals surface area contributed by atoms with Crippen molar-refractivity contribution >= 4 is 22.9 Å². The first-order chi connectivity index (χ1) is 13.2. The molecule has 1 aromatic heterocycles. The van der Waals surface area contributed by atoms with Crippen LogP contribution in [-0.4, -0.2) is 12.5 Å². The van der Waals surface area contributed by atoms with E-state index in [-0.39, 0.29) is 17.6 Å². The lowest BCUT2D eigenvalue weighted by atomic mass is 9.88. The average molecular weight is 381 g/mol. The van der Waals surface area contributed by atoms with E-state index in [1.165, 1.54) is 12.1 Å². The SMILES string of the molecule is CCCOc1ccccc1[C@@H]1CC(=O)Nc2c(-c3cccc(F)c3)csc21. The molecule has 138 valence electrons. The molecule has 2 heterocycles. The van der Waals surface area contributed by atoms with Gasteiger partial charge in [-0.1, -0.05) is 37.3 Å². The van der Waals surface area contributed by atoms with Crippen LogP contribution in [-0.2, 0) is 4.79 Å². The van der Waals surface area contributed by atoms with Crippen LogP contribution in [0.4, 0.5) is 10.1 Å². The Morgan fingerprint density at radius 1 is 1.22 bits per heavy atom. The molecule has 0 saturated carbocycles. The van der Waals surface area contributed by atoms with Crippen molar-refractivity contribution in [1.82, 2.24) is 0 Å². The number of halogens is 1. The van der Waals surface area contributed by atoms with Gasteiger partial charge in [0.2, 0.25) is 5.91 Å². The standard InChI is InChI=1S/C22H20FNO2S/c1-2-10-26-19-9-4-3-8-16(19)17-12-20(25)24-21-18(13-27-22(17)21)14-6-5-7-15(23)11-14/h3-9,11,13,17H,2,10,12H2,1H3,(H,24,25)/t17-/m0/s1. The van der Waals surface area contributed by atoms with Crippen LogP contribution in [0.2, 0.25) is 0 Å². The van der Waals surface area contributed by atoms with Crippen molar-refractivity contribution in [2.24, 2.45) is 0 Å². The first-order valence-corrected chi connectivity index (χ1v) is 9.94. The molecular weight excluding hydrogens is 361 g/mol. The summed E-state index contributed by atoms with van der Waals surface area (Å²) >= 11 is 1.60. The second-order valence-corrected chi connectivity index (χ2v) is 7.50. The van der Waals surface area contributed by atoms with Gasteiger partial charge in [0.15, 0.2) is 0 Å². The maximum absolute atomic E-state index is 13.7. The van der Waals surface area contributed by atoms with E-state index in [0.29, 0.717) is 13.0 Å². The van der Waals surface area contributed by atoms with E-state index in [1.54, 1.807) is 17.4 Å². The number of carbonyl (C=O) groups is 1. The Morgan fingerprint density at radius 2 is 2.07 bits per heavy atom. The minimum Gasteiger partial charge on any atom is -0.493 e. The number of ether oxygens (including phenoxy) is 1. The Hall–Kier alpha value is -2.66. The van der Waals surface area contributed by atoms with Gasteiger partial charge < -0.3 is 10.1 Å². The van der Waals surface area contributed by atoms with Gasteiger partial charge in [0.05, 0.1) is 12.3 Å². The van der Waals surface area contributed by atoms with Crippen LogP contribution in [0.1, 0.15) is 36.1 Å². The van der Waals surface area contributed by atoms with Crippen molar-refractivity contribution in [2.75, 3.05) is 11.9 Å². The quantitative estimate of drug-likeness (QED) is 0.605. The molecule has 3 aromatic rings. The van der Waals surface area contributed by atoms with Gasteiger partial charge in [0.25, 0.3) is 0 Å². The van der Waals surface area contributed by atoms with Crippen LogP contribution in [0.25, 0.3) is 11.1 Å². The molecule has 3 nitrogen and oxygen atoms in total. The lowest BCUT2D eigenvalue weighted by molar-refractivity contribution is -0.116. The Bertz CT molecular complexity index is 982. The Morgan fingerprint density at radius 3 is 2.89 bits per heavy atom. The number of nitrogens with one attached hydrogen (secondary N) is 1. The number of carbonyl (C=O) groups excluding carboxylic acids is 1. The summed E-state index contributed by atoms with van der Waals surface area (Å²) in [5.41, 5.74) is 3.44. The molecule has 0 saturated heterocycles. The van der Waals surface area contributed by atoms with Crippen molar-refractivity contribution in [3.05, 3.63) is 70.2 Å². The molecular formula is C22H20FNO2S. The second kappa shape index (κ2) is 7.53. The monoisotopic (exact) mass is 381 g/mol. The molecule has 1 aliphatic rings. The number of para-hydroxylation sites is 1. The highest BCUT2D eigenvalue weighted by atomic mass is 32.1. The van der Waals surface area contributed by atoms with E-state index >= 15 is 0 Å². The third-order valence-corrected chi connectivity index (χ3v) is 5.78. The minimum atomic E-state index is -0.288. The van der Waals surface area contributed by atoms with Crippen molar-refractivity contribution < 1.29 is 13.9 Å². The Kier molecular flexibility index (Phi) is 4.94. The molecule has 1 aliphatic heterocycles. The molecule has 0 fully saturated rings. The van der Waals surface area contributed by atoms with E-state index in [9.17, 15) is 9.18 Å². The molecule has 1 amide bonds. The molecule has 5 heteroatoms. The van der Waals surface area contributed by atoms with Crippen LogP contribution < -0.4 is 10.1 Å². The second-order valence-electron chi connectivity index (χ2n) is 6.59. The van der Waals surface area contributed by atoms with Crippen molar-refractivity contribution in [1.29, 1.82) is 0 Å². The smallest absolute Gasteiger partial charge is 0.225 e. The van der Waals surface area contributed by atoms with Gasteiger partial charge in [-0.2, -0.15) is 0 Å². The van der Waals surface area contributed by atoms with Gasteiger partial charge in [-0.05, 0) is 30.2 Å². The number of amides is 1. The lowest BCUT2D eigenvalue weighted by Crippen LogP contribution is -2.22. The molecule has 0 aliphatic carbocycles. The number of fused-ring (bicyclic) bond motifs is 1. The fourth-order valence-electron chi connectivity index (χ4n) is 3.46. The summed E-state index contributed by atoms with van der Waals surface area (Å²) in [6.45, 7) is 2.71. The summed E-state index contributed by atoms with van der Waals surface area (Å²) in [5, 5.41) is 4.99. The molecule has 2 aromatic carbocycles. The molecule has 0 spiro atoms. The van der Waals surface area contributed by atoms with Gasteiger partial charge >= 0.3 is 0 Å². The summed E-state index contributed by atoms with van der Waals surface area (Å²) in [6, 6.07) is 14.4. The predicted molar refractivity (Wildman–Crippen MR) is 107 cm³/mol.